The fourth-order valence-corrected chi connectivity index (χ4v) is 3.95. The van der Waals surface area contributed by atoms with Crippen LogP contribution in [0.1, 0.15) is 155 Å². The zero-order valence-electron chi connectivity index (χ0n) is 19.5. The summed E-state index contributed by atoms with van der Waals surface area (Å²) in [6, 6.07) is 0. The van der Waals surface area contributed by atoms with Gasteiger partial charge in [-0.25, -0.2) is 0 Å². The smallest absolute Gasteiger partial charge is 0.00489 e. The monoisotopic (exact) mass is 381 g/mol. The van der Waals surface area contributed by atoms with Crippen LogP contribution in [0.3, 0.4) is 0 Å². The van der Waals surface area contributed by atoms with Gasteiger partial charge in [0.25, 0.3) is 0 Å². The quantitative estimate of drug-likeness (QED) is 0.164. The van der Waals surface area contributed by atoms with E-state index in [9.17, 15) is 0 Å². The maximum atomic E-state index is 3.64. The predicted octanol–water partition coefficient (Wildman–Crippen LogP) is 9.20. The lowest BCUT2D eigenvalue weighted by Crippen LogP contribution is -2.16. The zero-order chi connectivity index (χ0) is 19.7. The first-order valence-electron chi connectivity index (χ1n) is 13.1. The summed E-state index contributed by atoms with van der Waals surface area (Å²) >= 11 is 0. The molecular formula is C26H55N. The third-order valence-electron chi connectivity index (χ3n) is 5.91. The molecule has 0 saturated heterocycles. The molecule has 1 N–H and O–H groups in total. The molecule has 0 bridgehead atoms. The van der Waals surface area contributed by atoms with Gasteiger partial charge in [0.1, 0.15) is 0 Å². The van der Waals surface area contributed by atoms with Gasteiger partial charge in [-0.3, -0.25) is 0 Å². The molecule has 27 heavy (non-hydrogen) atoms. The Labute approximate surface area is 173 Å². The maximum Gasteiger partial charge on any atom is -0.00489 e. The number of hydrogen-bond acceptors (Lipinski definition) is 1. The Morgan fingerprint density at radius 3 is 0.778 bits per heavy atom. The maximum absolute atomic E-state index is 3.64. The van der Waals surface area contributed by atoms with Gasteiger partial charge in [0.2, 0.25) is 0 Å². The van der Waals surface area contributed by atoms with Crippen molar-refractivity contribution < 1.29 is 0 Å². The van der Waals surface area contributed by atoms with Gasteiger partial charge >= 0.3 is 0 Å². The van der Waals surface area contributed by atoms with Gasteiger partial charge in [-0.2, -0.15) is 0 Å². The van der Waals surface area contributed by atoms with E-state index in [0.29, 0.717) is 0 Å². The summed E-state index contributed by atoms with van der Waals surface area (Å²) in [6.45, 7) is 7.08. The molecule has 0 spiro atoms. The second-order valence-corrected chi connectivity index (χ2v) is 8.82. The predicted molar refractivity (Wildman–Crippen MR) is 126 cm³/mol. The molecule has 0 rings (SSSR count). The number of rotatable bonds is 24. The summed E-state index contributed by atoms with van der Waals surface area (Å²) in [5, 5.41) is 3.64. The van der Waals surface area contributed by atoms with Crippen LogP contribution in [0, 0.1) is 0 Å². The lowest BCUT2D eigenvalue weighted by Gasteiger charge is -2.05. The zero-order valence-corrected chi connectivity index (χ0v) is 19.5. The van der Waals surface area contributed by atoms with Gasteiger partial charge in [-0.1, -0.05) is 142 Å². The SMILES string of the molecule is CCCCCCCCCCCCCCCCNCCCCCCCCCC. The molecule has 0 radical (unpaired) electrons. The van der Waals surface area contributed by atoms with Crippen molar-refractivity contribution in [1.82, 2.24) is 5.32 Å². The fraction of sp³-hybridized carbons (Fsp3) is 1.00. The summed E-state index contributed by atoms with van der Waals surface area (Å²) in [7, 11) is 0. The largest absolute Gasteiger partial charge is 0.317 e. The van der Waals surface area contributed by atoms with Gasteiger partial charge < -0.3 is 5.32 Å². The molecule has 0 atom stereocenters. The van der Waals surface area contributed by atoms with Crippen molar-refractivity contribution in [1.29, 1.82) is 0 Å². The third-order valence-corrected chi connectivity index (χ3v) is 5.91. The van der Waals surface area contributed by atoms with Crippen molar-refractivity contribution in [2.24, 2.45) is 0 Å². The summed E-state index contributed by atoms with van der Waals surface area (Å²) in [6.07, 6.45) is 31.8. The number of hydrogen-bond donors (Lipinski definition) is 1. The van der Waals surface area contributed by atoms with Crippen molar-refractivity contribution in [2.45, 2.75) is 155 Å². The fourth-order valence-electron chi connectivity index (χ4n) is 3.95. The lowest BCUT2D eigenvalue weighted by molar-refractivity contribution is 0.522. The van der Waals surface area contributed by atoms with E-state index in [0.717, 1.165) is 0 Å². The van der Waals surface area contributed by atoms with Gasteiger partial charge in [0.05, 0.1) is 0 Å². The minimum atomic E-state index is 1.24. The van der Waals surface area contributed by atoms with Gasteiger partial charge in [-0.05, 0) is 25.9 Å². The van der Waals surface area contributed by atoms with Crippen molar-refractivity contribution in [2.75, 3.05) is 13.1 Å². The second kappa shape index (κ2) is 26.0. The highest BCUT2D eigenvalue weighted by atomic mass is 14.8. The molecule has 0 saturated carbocycles. The Bertz CT molecular complexity index is 214. The van der Waals surface area contributed by atoms with Crippen molar-refractivity contribution in [3.63, 3.8) is 0 Å². The molecule has 0 heterocycles. The first kappa shape index (κ1) is 27.0. The number of nitrogens with one attached hydrogen (secondary N) is 1. The lowest BCUT2D eigenvalue weighted by atomic mass is 10.0. The first-order chi connectivity index (χ1) is 13.4. The topological polar surface area (TPSA) is 12.0 Å². The summed E-state index contributed by atoms with van der Waals surface area (Å²) in [4.78, 5) is 0. The molecule has 1 nitrogen and oxygen atoms in total. The van der Waals surface area contributed by atoms with E-state index in [1.54, 1.807) is 0 Å². The van der Waals surface area contributed by atoms with Gasteiger partial charge in [0.15, 0.2) is 0 Å². The molecule has 0 aliphatic heterocycles. The minimum absolute atomic E-state index is 1.24. The van der Waals surface area contributed by atoms with Crippen LogP contribution in [0.4, 0.5) is 0 Å². The van der Waals surface area contributed by atoms with Crippen LogP contribution < -0.4 is 5.32 Å². The molecule has 0 aliphatic rings. The van der Waals surface area contributed by atoms with E-state index in [1.165, 1.54) is 154 Å². The summed E-state index contributed by atoms with van der Waals surface area (Å²) < 4.78 is 0. The average molecular weight is 382 g/mol. The Kier molecular flexibility index (Phi) is 25.9. The molecule has 0 aliphatic carbocycles. The van der Waals surface area contributed by atoms with E-state index >= 15 is 0 Å². The molecular weight excluding hydrogens is 326 g/mol. The van der Waals surface area contributed by atoms with Crippen LogP contribution in [0.2, 0.25) is 0 Å². The Balaban J connectivity index is 2.95. The van der Waals surface area contributed by atoms with E-state index < -0.39 is 0 Å². The van der Waals surface area contributed by atoms with Crippen LogP contribution >= 0.6 is 0 Å². The van der Waals surface area contributed by atoms with Crippen LogP contribution in [-0.2, 0) is 0 Å². The highest BCUT2D eigenvalue weighted by Gasteiger charge is 1.95. The average Bonchev–Trinajstić information content (AvgIpc) is 2.68. The highest BCUT2D eigenvalue weighted by Crippen LogP contribution is 2.13. The molecule has 0 aromatic rings. The van der Waals surface area contributed by atoms with Crippen molar-refractivity contribution >= 4 is 0 Å². The van der Waals surface area contributed by atoms with Gasteiger partial charge in [0, 0.05) is 0 Å². The molecule has 0 fully saturated rings. The van der Waals surface area contributed by atoms with Crippen molar-refractivity contribution in [3.05, 3.63) is 0 Å². The van der Waals surface area contributed by atoms with Gasteiger partial charge in [-0.15, -0.1) is 0 Å². The van der Waals surface area contributed by atoms with E-state index in [1.807, 2.05) is 0 Å². The molecule has 0 aromatic carbocycles. The first-order valence-corrected chi connectivity index (χ1v) is 13.1. The van der Waals surface area contributed by atoms with E-state index in [4.69, 9.17) is 0 Å². The summed E-state index contributed by atoms with van der Waals surface area (Å²) in [5.74, 6) is 0. The van der Waals surface area contributed by atoms with Crippen LogP contribution in [0.25, 0.3) is 0 Å². The van der Waals surface area contributed by atoms with Crippen molar-refractivity contribution in [3.8, 4) is 0 Å². The number of unbranched alkanes of at least 4 members (excludes halogenated alkanes) is 20. The molecule has 1 heteroatoms. The molecule has 0 unspecified atom stereocenters. The van der Waals surface area contributed by atoms with Crippen LogP contribution in [0.5, 0.6) is 0 Å². The van der Waals surface area contributed by atoms with E-state index in [2.05, 4.69) is 19.2 Å². The molecule has 0 aromatic heterocycles. The highest BCUT2D eigenvalue weighted by molar-refractivity contribution is 4.53. The molecule has 164 valence electrons. The Morgan fingerprint density at radius 2 is 0.519 bits per heavy atom. The summed E-state index contributed by atoms with van der Waals surface area (Å²) in [5.41, 5.74) is 0. The Hall–Kier alpha value is -0.0400. The standard InChI is InChI=1S/C26H55N/c1-3-5-7-9-11-13-14-15-16-17-18-20-22-24-26-27-25-23-21-19-12-10-8-6-4-2/h27H,3-26H2,1-2H3. The molecule has 0 amide bonds. The Morgan fingerprint density at radius 1 is 0.296 bits per heavy atom. The van der Waals surface area contributed by atoms with Crippen LogP contribution in [-0.4, -0.2) is 13.1 Å². The normalized spacial score (nSPS) is 11.3. The van der Waals surface area contributed by atoms with E-state index in [-0.39, 0.29) is 0 Å². The second-order valence-electron chi connectivity index (χ2n) is 8.82. The third kappa shape index (κ3) is 26.0. The van der Waals surface area contributed by atoms with Crippen LogP contribution in [0.15, 0.2) is 0 Å². The minimum Gasteiger partial charge on any atom is -0.317 e.